The average molecular weight is 677 g/mol. The van der Waals surface area contributed by atoms with E-state index in [-0.39, 0.29) is 36.5 Å². The van der Waals surface area contributed by atoms with E-state index in [1.165, 1.54) is 0 Å². The second kappa shape index (κ2) is 15.4. The molecule has 4 heterocycles. The molecule has 5 N–H and O–H groups in total. The summed E-state index contributed by atoms with van der Waals surface area (Å²) in [6.07, 6.45) is -6.21. The van der Waals surface area contributed by atoms with Gasteiger partial charge in [-0.2, -0.15) is 0 Å². The van der Waals surface area contributed by atoms with Gasteiger partial charge < -0.3 is 58.6 Å². The molecular formula is C34H64N2O11. The number of nitrogens with zero attached hydrogens (tertiary/aromatic N) is 1. The predicted molar refractivity (Wildman–Crippen MR) is 172 cm³/mol. The Morgan fingerprint density at radius 1 is 0.894 bits per heavy atom. The van der Waals surface area contributed by atoms with Gasteiger partial charge in [0, 0.05) is 37.3 Å². The summed E-state index contributed by atoms with van der Waals surface area (Å²) in [6.45, 7) is 17.4. The van der Waals surface area contributed by atoms with Crippen LogP contribution in [0.4, 0.5) is 0 Å². The van der Waals surface area contributed by atoms with Gasteiger partial charge in [0.25, 0.3) is 0 Å². The van der Waals surface area contributed by atoms with E-state index in [0.29, 0.717) is 12.8 Å². The summed E-state index contributed by atoms with van der Waals surface area (Å²) >= 11 is 0. The highest BCUT2D eigenvalue weighted by Crippen LogP contribution is 2.48. The van der Waals surface area contributed by atoms with E-state index >= 15 is 0 Å². The summed E-state index contributed by atoms with van der Waals surface area (Å²) in [5.41, 5.74) is 0.562. The lowest BCUT2D eigenvalue weighted by Gasteiger charge is -2.49. The van der Waals surface area contributed by atoms with Gasteiger partial charge in [0.2, 0.25) is 0 Å². The third-order valence-corrected chi connectivity index (χ3v) is 11.6. The van der Waals surface area contributed by atoms with Crippen LogP contribution < -0.4 is 5.48 Å². The minimum atomic E-state index is -1.29. The molecule has 13 heteroatoms. The molecule has 276 valence electrons. The van der Waals surface area contributed by atoms with Crippen LogP contribution in [0.1, 0.15) is 81.6 Å². The predicted octanol–water partition coefficient (Wildman–Crippen LogP) is 2.26. The van der Waals surface area contributed by atoms with Crippen LogP contribution >= 0.6 is 0 Å². The Kier molecular flexibility index (Phi) is 12.9. The van der Waals surface area contributed by atoms with E-state index in [0.717, 1.165) is 0 Å². The minimum Gasteiger partial charge on any atom is -0.387 e. The van der Waals surface area contributed by atoms with E-state index in [1.54, 1.807) is 21.0 Å². The molecule has 19 atom stereocenters. The first kappa shape index (κ1) is 39.3. The lowest BCUT2D eigenvalue weighted by molar-refractivity contribution is -0.323. The number of fused-ring (bicyclic) bond motifs is 2. The van der Waals surface area contributed by atoms with Crippen molar-refractivity contribution >= 4 is 0 Å². The van der Waals surface area contributed by atoms with Gasteiger partial charge in [-0.1, -0.05) is 27.7 Å². The Hall–Kier alpha value is -0.520. The third kappa shape index (κ3) is 8.03. The maximum absolute atomic E-state index is 11.7. The standard InChI is InChI=1S/C34H64N2O11/c1-16-14-34(9)30(46-32-25(37)23(36(10)11)13-17(2)42-32)19(4)27(44-24-15-33(8,41-12)29(38)22(7)43-24)20(5)31(39)45-28(21(6)35-40)18(3)26(16)47-34/h16-32,35,37-40H,13-15H2,1-12H3/t16-,17+,18-,19-,20+,21-,22?,23?,24-,25?,26?,27-,28+,29-,30+,31-,32-,33?,34-/m0/s1. The second-order valence-electron chi connectivity index (χ2n) is 15.7. The fourth-order valence-electron chi connectivity index (χ4n) is 8.74. The summed E-state index contributed by atoms with van der Waals surface area (Å²) in [7, 11) is 5.44. The molecule has 4 rings (SSSR count). The smallest absolute Gasteiger partial charge is 0.185 e. The number of methoxy groups -OCH3 is 1. The van der Waals surface area contributed by atoms with Crippen LogP contribution in [0.5, 0.6) is 0 Å². The van der Waals surface area contributed by atoms with Gasteiger partial charge in [-0.3, -0.25) is 0 Å². The molecule has 4 aliphatic heterocycles. The van der Waals surface area contributed by atoms with Crippen molar-refractivity contribution < 1.29 is 53.7 Å². The highest BCUT2D eigenvalue weighted by atomic mass is 16.7. The van der Waals surface area contributed by atoms with Gasteiger partial charge in [0.15, 0.2) is 18.9 Å². The molecule has 0 aliphatic carbocycles. The molecule has 0 aromatic carbocycles. The monoisotopic (exact) mass is 676 g/mol. The van der Waals surface area contributed by atoms with Gasteiger partial charge >= 0.3 is 0 Å². The van der Waals surface area contributed by atoms with Gasteiger partial charge in [0.1, 0.15) is 12.2 Å². The number of aliphatic hydroxyl groups is 3. The molecule has 5 unspecified atom stereocenters. The molecular weight excluding hydrogens is 612 g/mol. The summed E-state index contributed by atoms with van der Waals surface area (Å²) in [5, 5.41) is 44.0. The first-order valence-electron chi connectivity index (χ1n) is 17.5. The van der Waals surface area contributed by atoms with Crippen LogP contribution in [0.2, 0.25) is 0 Å². The zero-order valence-corrected chi connectivity index (χ0v) is 30.5. The number of likely N-dealkylation sites (N-methyl/N-ethyl adjacent to an activating group) is 1. The van der Waals surface area contributed by atoms with Gasteiger partial charge in [-0.15, -0.1) is 0 Å². The first-order valence-corrected chi connectivity index (χ1v) is 17.5. The van der Waals surface area contributed by atoms with Crippen LogP contribution in [0.25, 0.3) is 0 Å². The van der Waals surface area contributed by atoms with Gasteiger partial charge in [-0.25, -0.2) is 5.48 Å². The van der Waals surface area contributed by atoms with E-state index in [2.05, 4.69) is 12.4 Å². The lowest BCUT2D eigenvalue weighted by Crippen LogP contribution is -2.60. The summed E-state index contributed by atoms with van der Waals surface area (Å²) in [6, 6.07) is -0.684. The Morgan fingerprint density at radius 3 is 2.15 bits per heavy atom. The summed E-state index contributed by atoms with van der Waals surface area (Å²) < 4.78 is 45.3. The molecule has 4 fully saturated rings. The number of hydroxylamine groups is 1. The molecule has 2 bridgehead atoms. The number of nitrogens with one attached hydrogen (secondary N) is 1. The van der Waals surface area contributed by atoms with E-state index in [1.807, 2.05) is 60.5 Å². The van der Waals surface area contributed by atoms with Crippen LogP contribution in [0, 0.1) is 23.7 Å². The Labute approximate surface area is 281 Å². The molecule has 0 aromatic rings. The second-order valence-corrected chi connectivity index (χ2v) is 15.7. The Morgan fingerprint density at radius 2 is 1.55 bits per heavy atom. The maximum atomic E-state index is 11.7. The van der Waals surface area contributed by atoms with Crippen molar-refractivity contribution in [2.45, 2.75) is 173 Å². The fourth-order valence-corrected chi connectivity index (χ4v) is 8.74. The normalized spacial score (nSPS) is 52.3. The zero-order valence-electron chi connectivity index (χ0n) is 30.5. The number of ether oxygens (including phenoxy) is 7. The molecule has 0 radical (unpaired) electrons. The SMILES string of the molecule is COC1(C)C[C@H](O[C@@H]2[C@@H](C)[C@@H](O)O[C@@H]([C@H](C)NO)[C@@H](C)C3O[C@@](C)(C[C@@H]3C)[C@H](O[C@@H]3O[C@H](C)CC(N(C)C)C3O)[C@H]2C)OC(C)[C@@H]1O. The number of hydrogen-bond acceptors (Lipinski definition) is 13. The molecule has 0 saturated carbocycles. The molecule has 4 aliphatic rings. The van der Waals surface area contributed by atoms with E-state index in [4.69, 9.17) is 33.2 Å². The lowest BCUT2D eigenvalue weighted by atomic mass is 9.77. The summed E-state index contributed by atoms with van der Waals surface area (Å²) in [5.74, 6) is -1.20. The van der Waals surface area contributed by atoms with Crippen molar-refractivity contribution in [3.8, 4) is 0 Å². The van der Waals surface area contributed by atoms with Gasteiger partial charge in [0.05, 0.1) is 53.9 Å². The molecule has 13 nitrogen and oxygen atoms in total. The van der Waals surface area contributed by atoms with Crippen molar-refractivity contribution in [2.75, 3.05) is 21.2 Å². The van der Waals surface area contributed by atoms with Crippen LogP contribution in [-0.2, 0) is 33.2 Å². The third-order valence-electron chi connectivity index (χ3n) is 11.6. The van der Waals surface area contributed by atoms with Crippen molar-refractivity contribution in [2.24, 2.45) is 23.7 Å². The van der Waals surface area contributed by atoms with Crippen molar-refractivity contribution in [1.29, 1.82) is 0 Å². The van der Waals surface area contributed by atoms with Crippen molar-refractivity contribution in [3.63, 3.8) is 0 Å². The number of aliphatic hydroxyl groups excluding tert-OH is 3. The van der Waals surface area contributed by atoms with E-state index < -0.39 is 84.6 Å². The van der Waals surface area contributed by atoms with Crippen LogP contribution in [-0.4, -0.2) is 138 Å². The zero-order chi connectivity index (χ0) is 35.2. The first-order chi connectivity index (χ1) is 21.9. The van der Waals surface area contributed by atoms with Crippen LogP contribution in [0.3, 0.4) is 0 Å². The highest BCUT2D eigenvalue weighted by Gasteiger charge is 2.57. The Bertz CT molecular complexity index is 1010. The van der Waals surface area contributed by atoms with E-state index in [9.17, 15) is 20.5 Å². The highest BCUT2D eigenvalue weighted by molar-refractivity contribution is 5.03. The molecule has 0 spiro atoms. The summed E-state index contributed by atoms with van der Waals surface area (Å²) in [4.78, 5) is 2.00. The molecule has 4 saturated heterocycles. The molecule has 0 amide bonds. The van der Waals surface area contributed by atoms with Crippen molar-refractivity contribution in [1.82, 2.24) is 10.4 Å². The van der Waals surface area contributed by atoms with Gasteiger partial charge in [-0.05, 0) is 67.5 Å². The van der Waals surface area contributed by atoms with Crippen molar-refractivity contribution in [3.05, 3.63) is 0 Å². The number of rotatable bonds is 8. The topological polar surface area (TPSA) is 161 Å². The molecule has 0 aromatic heterocycles. The maximum Gasteiger partial charge on any atom is 0.185 e. The minimum absolute atomic E-state index is 0.0794. The molecule has 47 heavy (non-hydrogen) atoms. The van der Waals surface area contributed by atoms with Crippen LogP contribution in [0.15, 0.2) is 0 Å². The quantitative estimate of drug-likeness (QED) is 0.239. The fraction of sp³-hybridized carbons (Fsp3) is 1.00. The average Bonchev–Trinajstić information content (AvgIpc) is 3.33. The largest absolute Gasteiger partial charge is 0.387 e. The number of hydrogen-bond donors (Lipinski definition) is 5. The Balaban J connectivity index is 1.78.